The van der Waals surface area contributed by atoms with E-state index in [4.69, 9.17) is 0 Å². The van der Waals surface area contributed by atoms with Gasteiger partial charge in [-0.2, -0.15) is 0 Å². The lowest BCUT2D eigenvalue weighted by Gasteiger charge is -2.34. The molecule has 1 N–H and O–H groups in total. The van der Waals surface area contributed by atoms with Gasteiger partial charge in [0.15, 0.2) is 0 Å². The third-order valence-corrected chi connectivity index (χ3v) is 11.5. The van der Waals surface area contributed by atoms with Crippen LogP contribution >= 0.6 is 0 Å². The average molecular weight is 791 g/mol. The predicted octanol–water partition coefficient (Wildman–Crippen LogP) is 15.5. The van der Waals surface area contributed by atoms with Crippen LogP contribution in [0.3, 0.4) is 0 Å². The van der Waals surface area contributed by atoms with Gasteiger partial charge in [-0.05, 0) is 163 Å². The summed E-state index contributed by atoms with van der Waals surface area (Å²) in [5, 5.41) is 5.95. The van der Waals surface area contributed by atoms with Crippen molar-refractivity contribution in [2.24, 2.45) is 0 Å². The van der Waals surface area contributed by atoms with E-state index in [1.807, 2.05) is 24.3 Å². The molecule has 0 amide bonds. The van der Waals surface area contributed by atoms with E-state index in [1.165, 1.54) is 27.6 Å². The van der Waals surface area contributed by atoms with Crippen molar-refractivity contribution in [3.05, 3.63) is 248 Å². The number of aryl methyl sites for hydroxylation is 1. The fourth-order valence-electron chi connectivity index (χ4n) is 8.41. The number of hydrogen-bond acceptors (Lipinski definition) is 4. The molecule has 0 saturated carbocycles. The van der Waals surface area contributed by atoms with E-state index >= 15 is 0 Å². The van der Waals surface area contributed by atoms with Gasteiger partial charge in [-0.25, -0.2) is 0 Å². The van der Waals surface area contributed by atoms with Gasteiger partial charge in [0.05, 0.1) is 6.04 Å². The molecular formula is C57H50N4. The first-order valence-electron chi connectivity index (χ1n) is 21.2. The summed E-state index contributed by atoms with van der Waals surface area (Å²) in [4.78, 5) is 7.08. The Morgan fingerprint density at radius 2 is 1.21 bits per heavy atom. The van der Waals surface area contributed by atoms with Gasteiger partial charge in [-0.3, -0.25) is 0 Å². The molecule has 0 aromatic heterocycles. The molecular weight excluding hydrogens is 741 g/mol. The lowest BCUT2D eigenvalue weighted by molar-refractivity contribution is 0.784. The minimum absolute atomic E-state index is 0.210. The molecule has 0 bridgehead atoms. The van der Waals surface area contributed by atoms with Gasteiger partial charge in [0.1, 0.15) is 0 Å². The Bertz CT molecular complexity index is 2780. The van der Waals surface area contributed by atoms with Gasteiger partial charge in [0, 0.05) is 56.9 Å². The van der Waals surface area contributed by atoms with E-state index in [9.17, 15) is 0 Å². The molecule has 0 heterocycles. The van der Waals surface area contributed by atoms with Crippen molar-refractivity contribution in [2.75, 3.05) is 20.0 Å². The third-order valence-electron chi connectivity index (χ3n) is 11.5. The van der Waals surface area contributed by atoms with E-state index in [0.717, 1.165) is 70.5 Å². The first kappa shape index (κ1) is 38.9. The highest BCUT2D eigenvalue weighted by molar-refractivity contribution is 5.88. The van der Waals surface area contributed by atoms with Gasteiger partial charge in [-0.1, -0.05) is 116 Å². The molecule has 0 fully saturated rings. The van der Waals surface area contributed by atoms with Crippen LogP contribution in [0.25, 0.3) is 16.8 Å². The van der Waals surface area contributed by atoms with Crippen LogP contribution < -0.4 is 20.0 Å². The van der Waals surface area contributed by atoms with E-state index < -0.39 is 0 Å². The second kappa shape index (κ2) is 18.1. The minimum atomic E-state index is 0.210. The first-order valence-corrected chi connectivity index (χ1v) is 21.2. The van der Waals surface area contributed by atoms with Crippen molar-refractivity contribution >= 4 is 62.3 Å². The molecule has 1 unspecified atom stereocenters. The molecule has 0 aliphatic heterocycles. The quantitative estimate of drug-likeness (QED) is 0.117. The number of allylic oxidation sites excluding steroid dienone is 7. The monoisotopic (exact) mass is 790 g/mol. The maximum atomic E-state index is 4.31. The number of benzene rings is 7. The van der Waals surface area contributed by atoms with Crippen molar-refractivity contribution in [1.82, 2.24) is 0 Å². The molecule has 7 aromatic rings. The molecule has 4 heteroatoms. The molecule has 0 saturated heterocycles. The summed E-state index contributed by atoms with van der Waals surface area (Å²) in [6, 6.07) is 60.8. The number of rotatable bonds is 13. The fraction of sp³-hybridized carbons (Fsp3) is 0.0877. The molecule has 0 radical (unpaired) electrons. The van der Waals surface area contributed by atoms with Gasteiger partial charge >= 0.3 is 0 Å². The van der Waals surface area contributed by atoms with Crippen molar-refractivity contribution in [3.63, 3.8) is 0 Å². The van der Waals surface area contributed by atoms with Crippen LogP contribution in [0.4, 0.5) is 45.5 Å². The Morgan fingerprint density at radius 3 is 1.95 bits per heavy atom. The van der Waals surface area contributed by atoms with Crippen LogP contribution in [-0.2, 0) is 6.42 Å². The number of hydrogen-bond donors (Lipinski definition) is 1. The zero-order valence-corrected chi connectivity index (χ0v) is 34.6. The summed E-state index contributed by atoms with van der Waals surface area (Å²) >= 11 is 0. The van der Waals surface area contributed by atoms with E-state index in [2.05, 4.69) is 234 Å². The molecule has 2 aliphatic carbocycles. The van der Waals surface area contributed by atoms with Crippen LogP contribution in [0, 0.1) is 0 Å². The first-order chi connectivity index (χ1) is 30.1. The standard InChI is InChI=1S/C57H50N4/c1-3-50(60(51-23-9-5-10-24-51)56-33-28-44-17-13-15-19-46(44)41-56)32-27-43(2)59(53-35-30-49(31-36-53)58-48-21-7-4-8-22-48)54-37-39-55(40-38-54)61(52-25-11-6-12-26-52)57-34-29-45-18-14-16-20-47(45)42-57/h3-13,15-17,19-25,27-42,52,58H,1,14,18,26H2,2H3/b43-27?,50-32+. The van der Waals surface area contributed by atoms with Crippen LogP contribution in [0.15, 0.2) is 236 Å². The smallest absolute Gasteiger partial charge is 0.0559 e. The van der Waals surface area contributed by atoms with Crippen LogP contribution in [-0.4, -0.2) is 6.04 Å². The number of anilines is 8. The number of para-hydroxylation sites is 2. The van der Waals surface area contributed by atoms with Gasteiger partial charge < -0.3 is 20.0 Å². The van der Waals surface area contributed by atoms with Crippen molar-refractivity contribution in [2.45, 2.75) is 32.2 Å². The van der Waals surface area contributed by atoms with E-state index in [1.54, 1.807) is 0 Å². The maximum absolute atomic E-state index is 4.31. The number of fused-ring (bicyclic) bond motifs is 2. The Morgan fingerprint density at radius 1 is 0.574 bits per heavy atom. The molecule has 0 spiro atoms. The normalized spacial score (nSPS) is 14.7. The molecule has 7 aromatic carbocycles. The summed E-state index contributed by atoms with van der Waals surface area (Å²) in [5.74, 6) is 0. The lowest BCUT2D eigenvalue weighted by Crippen LogP contribution is -2.30. The molecule has 9 rings (SSSR count). The summed E-state index contributed by atoms with van der Waals surface area (Å²) in [5.41, 5.74) is 13.4. The second-order valence-corrected chi connectivity index (χ2v) is 15.5. The predicted molar refractivity (Wildman–Crippen MR) is 262 cm³/mol. The molecule has 2 aliphatic rings. The lowest BCUT2D eigenvalue weighted by atomic mass is 9.96. The highest BCUT2D eigenvalue weighted by Crippen LogP contribution is 2.38. The van der Waals surface area contributed by atoms with Gasteiger partial charge in [-0.15, -0.1) is 0 Å². The third kappa shape index (κ3) is 8.76. The van der Waals surface area contributed by atoms with Crippen molar-refractivity contribution in [3.8, 4) is 0 Å². The molecule has 4 nitrogen and oxygen atoms in total. The Kier molecular flexibility index (Phi) is 11.6. The van der Waals surface area contributed by atoms with E-state index in [-0.39, 0.29) is 6.04 Å². The van der Waals surface area contributed by atoms with Crippen LogP contribution in [0.5, 0.6) is 0 Å². The largest absolute Gasteiger partial charge is 0.356 e. The summed E-state index contributed by atoms with van der Waals surface area (Å²) in [6.45, 7) is 6.49. The average Bonchev–Trinajstić information content (AvgIpc) is 3.32. The Labute approximate surface area is 360 Å². The van der Waals surface area contributed by atoms with E-state index in [0.29, 0.717) is 0 Å². The molecule has 61 heavy (non-hydrogen) atoms. The number of nitrogens with zero attached hydrogens (tertiary/aromatic N) is 3. The molecule has 298 valence electrons. The summed E-state index contributed by atoms with van der Waals surface area (Å²) < 4.78 is 0. The van der Waals surface area contributed by atoms with Crippen LogP contribution in [0.1, 0.15) is 30.9 Å². The highest BCUT2D eigenvalue weighted by atomic mass is 15.2. The van der Waals surface area contributed by atoms with Gasteiger partial charge in [0.25, 0.3) is 0 Å². The zero-order chi connectivity index (χ0) is 41.4. The van der Waals surface area contributed by atoms with Gasteiger partial charge in [0.2, 0.25) is 0 Å². The van der Waals surface area contributed by atoms with Crippen LogP contribution in [0.2, 0.25) is 0 Å². The number of nitrogens with one attached hydrogen (secondary N) is 1. The van der Waals surface area contributed by atoms with Crippen molar-refractivity contribution < 1.29 is 0 Å². The summed E-state index contributed by atoms with van der Waals surface area (Å²) in [6.07, 6.45) is 22.9. The minimum Gasteiger partial charge on any atom is -0.356 e. The Hall–Kier alpha value is -7.56. The topological polar surface area (TPSA) is 21.8 Å². The second-order valence-electron chi connectivity index (χ2n) is 15.5. The summed E-state index contributed by atoms with van der Waals surface area (Å²) in [7, 11) is 0. The fourth-order valence-corrected chi connectivity index (χ4v) is 8.41. The SMILES string of the molecule is C=C/C(=C\C=C(C)N(c1ccc(Nc2ccccc2)cc1)c1ccc(N(c2ccc3c(c2)C=CCC3)C2C=CC=CC2)cc1)N(c1ccccc1)c1ccc2ccccc2c1. The van der Waals surface area contributed by atoms with Crippen molar-refractivity contribution in [1.29, 1.82) is 0 Å². The zero-order valence-electron chi connectivity index (χ0n) is 34.6. The highest BCUT2D eigenvalue weighted by Gasteiger charge is 2.22. The maximum Gasteiger partial charge on any atom is 0.0559 e. The Balaban J connectivity index is 1.10. The molecule has 1 atom stereocenters.